The zero-order chi connectivity index (χ0) is 18.3. The number of pyridine rings is 1. The van der Waals surface area contributed by atoms with Crippen molar-refractivity contribution in [1.82, 2.24) is 9.55 Å². The van der Waals surface area contributed by atoms with Crippen molar-refractivity contribution in [2.75, 3.05) is 0 Å². The Kier molecular flexibility index (Phi) is 4.13. The molecule has 0 spiro atoms. The first kappa shape index (κ1) is 16.6. The molecule has 7 heteroatoms. The fourth-order valence-electron chi connectivity index (χ4n) is 3.87. The standard InChI is InChI=1S/C19H18N4O2S/c20-7-12-8-22-19(25)17-15(11-5-14(26-10-11)6-16(21)24)9-23(18(12)17)13-3-1-2-4-13/h5,8-10,13H,1-4,6H2,(H2,21,24)(H,22,25). The van der Waals surface area contributed by atoms with Gasteiger partial charge in [-0.2, -0.15) is 5.26 Å². The number of H-pyrrole nitrogens is 1. The summed E-state index contributed by atoms with van der Waals surface area (Å²) >= 11 is 1.45. The molecule has 1 fully saturated rings. The minimum absolute atomic E-state index is 0.186. The van der Waals surface area contributed by atoms with Gasteiger partial charge in [-0.3, -0.25) is 9.59 Å². The molecule has 6 nitrogen and oxygen atoms in total. The van der Waals surface area contributed by atoms with Crippen molar-refractivity contribution >= 4 is 28.1 Å². The zero-order valence-electron chi connectivity index (χ0n) is 14.1. The number of nitrogens with two attached hydrogens (primary N) is 1. The lowest BCUT2D eigenvalue weighted by molar-refractivity contribution is -0.117. The van der Waals surface area contributed by atoms with Crippen molar-refractivity contribution in [3.8, 4) is 17.2 Å². The Labute approximate surface area is 153 Å². The maximum Gasteiger partial charge on any atom is 0.258 e. The van der Waals surface area contributed by atoms with Gasteiger partial charge in [-0.1, -0.05) is 12.8 Å². The Balaban J connectivity index is 1.95. The van der Waals surface area contributed by atoms with Gasteiger partial charge in [0.1, 0.15) is 6.07 Å². The molecule has 0 unspecified atom stereocenters. The summed E-state index contributed by atoms with van der Waals surface area (Å²) in [6, 6.07) is 4.42. The highest BCUT2D eigenvalue weighted by atomic mass is 32.1. The van der Waals surface area contributed by atoms with E-state index in [1.54, 1.807) is 0 Å². The molecule has 0 aromatic carbocycles. The van der Waals surface area contributed by atoms with E-state index in [0.717, 1.165) is 41.7 Å². The normalized spacial score (nSPS) is 14.7. The third-order valence-corrected chi connectivity index (χ3v) is 5.95. The number of carbonyl (C=O) groups is 1. The van der Waals surface area contributed by atoms with E-state index in [0.29, 0.717) is 22.5 Å². The molecule has 0 saturated heterocycles. The van der Waals surface area contributed by atoms with Crippen LogP contribution in [0, 0.1) is 11.3 Å². The number of hydrogen-bond acceptors (Lipinski definition) is 4. The van der Waals surface area contributed by atoms with Crippen LogP contribution in [0.5, 0.6) is 0 Å². The first-order valence-electron chi connectivity index (χ1n) is 8.61. The number of primary amides is 1. The Morgan fingerprint density at radius 2 is 2.19 bits per heavy atom. The summed E-state index contributed by atoms with van der Waals surface area (Å²) < 4.78 is 2.11. The van der Waals surface area contributed by atoms with Gasteiger partial charge in [0.15, 0.2) is 0 Å². The van der Waals surface area contributed by atoms with Crippen LogP contribution in [0.4, 0.5) is 0 Å². The van der Waals surface area contributed by atoms with Crippen LogP contribution in [0.25, 0.3) is 22.0 Å². The fraction of sp³-hybridized carbons (Fsp3) is 0.316. The van der Waals surface area contributed by atoms with Crippen LogP contribution in [0.1, 0.15) is 42.2 Å². The highest BCUT2D eigenvalue weighted by Crippen LogP contribution is 2.38. The summed E-state index contributed by atoms with van der Waals surface area (Å²) in [7, 11) is 0. The molecule has 0 bridgehead atoms. The van der Waals surface area contributed by atoms with Crippen molar-refractivity contribution in [3.63, 3.8) is 0 Å². The molecule has 3 heterocycles. The first-order chi connectivity index (χ1) is 12.6. The van der Waals surface area contributed by atoms with Crippen molar-refractivity contribution in [2.24, 2.45) is 5.73 Å². The monoisotopic (exact) mass is 366 g/mol. The van der Waals surface area contributed by atoms with E-state index in [2.05, 4.69) is 15.6 Å². The van der Waals surface area contributed by atoms with Gasteiger partial charge in [-0.05, 0) is 29.9 Å². The van der Waals surface area contributed by atoms with Crippen LogP contribution in [-0.4, -0.2) is 15.5 Å². The van der Waals surface area contributed by atoms with Gasteiger partial charge in [0.2, 0.25) is 5.91 Å². The molecule has 3 aromatic rings. The minimum atomic E-state index is -0.378. The molecule has 0 aliphatic heterocycles. The average molecular weight is 366 g/mol. The lowest BCUT2D eigenvalue weighted by Crippen LogP contribution is -2.12. The quantitative estimate of drug-likeness (QED) is 0.741. The van der Waals surface area contributed by atoms with E-state index >= 15 is 0 Å². The van der Waals surface area contributed by atoms with E-state index in [4.69, 9.17) is 5.73 Å². The number of nitrogens with zero attached hydrogens (tertiary/aromatic N) is 2. The average Bonchev–Trinajstić information content (AvgIpc) is 3.33. The number of hydrogen-bond donors (Lipinski definition) is 2. The number of aromatic nitrogens is 2. The number of carbonyl (C=O) groups excluding carboxylic acids is 1. The molecule has 3 N–H and O–H groups in total. The minimum Gasteiger partial charge on any atom is -0.369 e. The number of fused-ring (bicyclic) bond motifs is 1. The molecule has 132 valence electrons. The number of nitrogens with one attached hydrogen (secondary N) is 1. The molecular weight excluding hydrogens is 348 g/mol. The predicted molar refractivity (Wildman–Crippen MR) is 101 cm³/mol. The highest BCUT2D eigenvalue weighted by molar-refractivity contribution is 7.10. The van der Waals surface area contributed by atoms with Crippen LogP contribution in [0.2, 0.25) is 0 Å². The van der Waals surface area contributed by atoms with Gasteiger partial charge in [0, 0.05) is 28.9 Å². The van der Waals surface area contributed by atoms with Crippen LogP contribution >= 0.6 is 11.3 Å². The summed E-state index contributed by atoms with van der Waals surface area (Å²) in [4.78, 5) is 27.3. The van der Waals surface area contributed by atoms with Gasteiger partial charge >= 0.3 is 0 Å². The SMILES string of the molecule is N#Cc1c[nH]c(=O)c2c(-c3csc(CC(N)=O)c3)cn(C3CCCC3)c12. The van der Waals surface area contributed by atoms with Gasteiger partial charge in [0.25, 0.3) is 5.56 Å². The Morgan fingerprint density at radius 3 is 2.88 bits per heavy atom. The predicted octanol–water partition coefficient (Wildman–Crippen LogP) is 3.07. The van der Waals surface area contributed by atoms with Crippen molar-refractivity contribution < 1.29 is 4.79 Å². The summed E-state index contributed by atoms with van der Waals surface area (Å²) in [5.41, 5.74) is 7.96. The second kappa shape index (κ2) is 6.46. The largest absolute Gasteiger partial charge is 0.369 e. The third-order valence-electron chi connectivity index (χ3n) is 5.01. The Morgan fingerprint density at radius 1 is 1.42 bits per heavy atom. The smallest absolute Gasteiger partial charge is 0.258 e. The van der Waals surface area contributed by atoms with Crippen molar-refractivity contribution in [1.29, 1.82) is 5.26 Å². The topological polar surface area (TPSA) is 105 Å². The maximum absolute atomic E-state index is 12.6. The van der Waals surface area contributed by atoms with E-state index in [1.807, 2.05) is 17.6 Å². The molecule has 26 heavy (non-hydrogen) atoms. The van der Waals surface area contributed by atoms with E-state index < -0.39 is 0 Å². The Bertz CT molecular complexity index is 1090. The molecule has 0 atom stereocenters. The van der Waals surface area contributed by atoms with Crippen molar-refractivity contribution in [3.05, 3.63) is 44.6 Å². The first-order valence-corrected chi connectivity index (χ1v) is 9.49. The summed E-state index contributed by atoms with van der Waals surface area (Å²) in [5.74, 6) is -0.378. The maximum atomic E-state index is 12.6. The number of rotatable bonds is 4. The number of nitriles is 1. The summed E-state index contributed by atoms with van der Waals surface area (Å²) in [5, 5.41) is 12.0. The Hall–Kier alpha value is -2.85. The summed E-state index contributed by atoms with van der Waals surface area (Å²) in [6.07, 6.45) is 8.09. The van der Waals surface area contributed by atoms with E-state index in [1.165, 1.54) is 17.5 Å². The number of aromatic amines is 1. The third kappa shape index (κ3) is 2.72. The molecule has 1 aliphatic rings. The fourth-order valence-corrected chi connectivity index (χ4v) is 4.76. The molecule has 3 aromatic heterocycles. The van der Waals surface area contributed by atoms with Gasteiger partial charge in [-0.15, -0.1) is 11.3 Å². The van der Waals surface area contributed by atoms with Crippen LogP contribution < -0.4 is 11.3 Å². The van der Waals surface area contributed by atoms with Crippen LogP contribution in [0.15, 0.2) is 28.6 Å². The lowest BCUT2D eigenvalue weighted by atomic mass is 10.1. The molecule has 1 aliphatic carbocycles. The second-order valence-corrected chi connectivity index (χ2v) is 7.70. The van der Waals surface area contributed by atoms with Gasteiger partial charge < -0.3 is 15.3 Å². The number of amides is 1. The van der Waals surface area contributed by atoms with Crippen LogP contribution in [-0.2, 0) is 11.2 Å². The van der Waals surface area contributed by atoms with Crippen molar-refractivity contribution in [2.45, 2.75) is 38.1 Å². The zero-order valence-corrected chi connectivity index (χ0v) is 14.9. The second-order valence-electron chi connectivity index (χ2n) is 6.70. The van der Waals surface area contributed by atoms with Gasteiger partial charge in [-0.25, -0.2) is 0 Å². The lowest BCUT2D eigenvalue weighted by Gasteiger charge is -2.13. The van der Waals surface area contributed by atoms with Gasteiger partial charge in [0.05, 0.1) is 22.9 Å². The molecule has 1 amide bonds. The molecule has 1 saturated carbocycles. The van der Waals surface area contributed by atoms with Crippen LogP contribution in [0.3, 0.4) is 0 Å². The summed E-state index contributed by atoms with van der Waals surface area (Å²) in [6.45, 7) is 0. The highest BCUT2D eigenvalue weighted by Gasteiger charge is 2.24. The van der Waals surface area contributed by atoms with E-state index in [9.17, 15) is 14.9 Å². The number of thiophene rings is 1. The molecular formula is C19H18N4O2S. The molecule has 4 rings (SSSR count). The van der Waals surface area contributed by atoms with E-state index in [-0.39, 0.29) is 17.9 Å². The molecule has 0 radical (unpaired) electrons.